The molecule has 0 aliphatic carbocycles. The molecule has 33 heavy (non-hydrogen) atoms. The molecule has 6 nitrogen and oxygen atoms in total. The molecule has 0 saturated carbocycles. The van der Waals surface area contributed by atoms with Gasteiger partial charge in [0, 0.05) is 15.5 Å². The van der Waals surface area contributed by atoms with Gasteiger partial charge in [0.2, 0.25) is 0 Å². The number of rotatable bonds is 7. The molecule has 9 heteroatoms. The number of benzene rings is 3. The lowest BCUT2D eigenvalue weighted by Crippen LogP contribution is -2.03. The molecular formula is C24H16ClN2O4PS. The Bertz CT molecular complexity index is 1280. The maximum Gasteiger partial charge on any atom is 0.668 e. The van der Waals surface area contributed by atoms with Gasteiger partial charge in [-0.05, 0) is 42.5 Å². The van der Waals surface area contributed by atoms with E-state index in [-0.39, 0.29) is 0 Å². The van der Waals surface area contributed by atoms with E-state index in [1.165, 1.54) is 11.8 Å². The molecule has 0 spiro atoms. The molecule has 0 atom stereocenters. The zero-order chi connectivity index (χ0) is 23.1. The molecule has 1 heterocycles. The minimum Gasteiger partial charge on any atom is -0.385 e. The first-order valence-corrected chi connectivity index (χ1v) is 12.3. The summed E-state index contributed by atoms with van der Waals surface area (Å²) in [7, 11) is -4.17. The van der Waals surface area contributed by atoms with Gasteiger partial charge in [-0.3, -0.25) is 4.62 Å². The Morgan fingerprint density at radius 1 is 0.879 bits per heavy atom. The van der Waals surface area contributed by atoms with Crippen molar-refractivity contribution in [1.82, 2.24) is 0 Å². The predicted molar refractivity (Wildman–Crippen MR) is 131 cm³/mol. The number of hydrogen-bond donors (Lipinski definition) is 0. The number of halogens is 1. The molecule has 4 rings (SSSR count). The van der Waals surface area contributed by atoms with Gasteiger partial charge >= 0.3 is 7.82 Å². The molecule has 0 saturated heterocycles. The van der Waals surface area contributed by atoms with Crippen molar-refractivity contribution < 1.29 is 18.2 Å². The molecule has 0 bridgehead atoms. The Kier molecular flexibility index (Phi) is 7.21. The highest BCUT2D eigenvalue weighted by Crippen LogP contribution is 2.50. The second-order valence-corrected chi connectivity index (χ2v) is 9.43. The summed E-state index contributed by atoms with van der Waals surface area (Å²) < 4.78 is 29.7. The maximum absolute atomic E-state index is 13.4. The molecule has 1 aliphatic heterocycles. The average molecular weight is 495 g/mol. The van der Waals surface area contributed by atoms with Crippen LogP contribution in [-0.2, 0) is 9.19 Å². The highest BCUT2D eigenvalue weighted by Gasteiger charge is 2.34. The Labute approximate surface area is 200 Å². The summed E-state index contributed by atoms with van der Waals surface area (Å²) in [4.78, 5) is 0.635. The highest BCUT2D eigenvalue weighted by molar-refractivity contribution is 8.18. The molecule has 0 fully saturated rings. The fourth-order valence-electron chi connectivity index (χ4n) is 2.79. The number of allylic oxidation sites excluding steroid dienone is 2. The number of para-hydroxylation sites is 2. The SMILES string of the molecule is N#CC(=C1C=CC(=NOP(=O)(Oc2ccccc2)Oc2ccccc2)S1)c1ccccc1Cl. The molecule has 164 valence electrons. The summed E-state index contributed by atoms with van der Waals surface area (Å²) in [6.07, 6.45) is 3.36. The second kappa shape index (κ2) is 10.5. The van der Waals surface area contributed by atoms with E-state index >= 15 is 0 Å². The Balaban J connectivity index is 1.57. The number of thioether (sulfide) groups is 1. The topological polar surface area (TPSA) is 80.9 Å². The van der Waals surface area contributed by atoms with Crippen molar-refractivity contribution in [2.75, 3.05) is 0 Å². The van der Waals surface area contributed by atoms with Gasteiger partial charge in [0.1, 0.15) is 22.6 Å². The Morgan fingerprint density at radius 3 is 2.03 bits per heavy atom. The van der Waals surface area contributed by atoms with Gasteiger partial charge in [-0.25, -0.2) is 0 Å². The van der Waals surface area contributed by atoms with E-state index < -0.39 is 7.82 Å². The summed E-state index contributed by atoms with van der Waals surface area (Å²) in [5, 5.41) is 14.5. The molecule has 1 aliphatic rings. The molecule has 0 aromatic heterocycles. The third-order valence-corrected chi connectivity index (χ3v) is 6.70. The van der Waals surface area contributed by atoms with E-state index in [1.807, 2.05) is 0 Å². The molecular weight excluding hydrogens is 479 g/mol. The fourth-order valence-corrected chi connectivity index (χ4v) is 4.95. The van der Waals surface area contributed by atoms with Gasteiger partial charge in [0.15, 0.2) is 0 Å². The fraction of sp³-hybridized carbons (Fsp3) is 0. The third kappa shape index (κ3) is 5.88. The van der Waals surface area contributed by atoms with Crippen LogP contribution in [0.1, 0.15) is 5.56 Å². The summed E-state index contributed by atoms with van der Waals surface area (Å²) in [6, 6.07) is 26.3. The van der Waals surface area contributed by atoms with Gasteiger partial charge in [-0.1, -0.05) is 83.1 Å². The zero-order valence-electron chi connectivity index (χ0n) is 17.0. The summed E-state index contributed by atoms with van der Waals surface area (Å²) in [6.45, 7) is 0. The summed E-state index contributed by atoms with van der Waals surface area (Å²) in [5.41, 5.74) is 1.01. The van der Waals surface area contributed by atoms with Gasteiger partial charge in [0.05, 0.1) is 5.57 Å². The van der Waals surface area contributed by atoms with Crippen molar-refractivity contribution in [2.45, 2.75) is 0 Å². The van der Waals surface area contributed by atoms with Crippen LogP contribution in [0, 0.1) is 11.3 Å². The van der Waals surface area contributed by atoms with Crippen LogP contribution in [0.3, 0.4) is 0 Å². The second-order valence-electron chi connectivity index (χ2n) is 6.53. The first kappa shape index (κ1) is 22.8. The van der Waals surface area contributed by atoms with Crippen LogP contribution in [0.4, 0.5) is 0 Å². The lowest BCUT2D eigenvalue weighted by atomic mass is 10.1. The quantitative estimate of drug-likeness (QED) is 0.192. The molecule has 0 N–H and O–H groups in total. The van der Waals surface area contributed by atoms with Crippen LogP contribution in [0.15, 0.2) is 107 Å². The number of phosphoric acid groups is 1. The van der Waals surface area contributed by atoms with Crippen LogP contribution in [0.25, 0.3) is 5.57 Å². The molecule has 0 radical (unpaired) electrons. The minimum absolute atomic E-state index is 0.303. The van der Waals surface area contributed by atoms with Crippen LogP contribution >= 0.6 is 31.2 Å². The number of hydrogen-bond acceptors (Lipinski definition) is 7. The van der Waals surface area contributed by atoms with E-state index in [2.05, 4.69) is 11.2 Å². The van der Waals surface area contributed by atoms with Crippen LogP contribution in [-0.4, -0.2) is 5.04 Å². The van der Waals surface area contributed by atoms with E-state index in [0.717, 1.165) is 0 Å². The van der Waals surface area contributed by atoms with Gasteiger partial charge in [-0.2, -0.15) is 9.83 Å². The first-order chi connectivity index (χ1) is 16.1. The van der Waals surface area contributed by atoms with E-state index in [0.29, 0.717) is 37.6 Å². The average Bonchev–Trinajstić information content (AvgIpc) is 3.30. The minimum atomic E-state index is -4.17. The van der Waals surface area contributed by atoms with Gasteiger partial charge < -0.3 is 9.05 Å². The maximum atomic E-state index is 13.4. The van der Waals surface area contributed by atoms with Crippen molar-refractivity contribution in [3.8, 4) is 17.6 Å². The lowest BCUT2D eigenvalue weighted by Gasteiger charge is -2.16. The number of nitriles is 1. The van der Waals surface area contributed by atoms with Crippen molar-refractivity contribution in [2.24, 2.45) is 5.16 Å². The summed E-state index contributed by atoms with van der Waals surface area (Å²) >= 11 is 7.42. The third-order valence-electron chi connectivity index (χ3n) is 4.24. The molecule has 0 unspecified atom stereocenters. The van der Waals surface area contributed by atoms with Gasteiger partial charge in [0.25, 0.3) is 0 Å². The molecule has 0 amide bonds. The standard InChI is InChI=1S/C24H16ClN2O4PS/c25-22-14-8-7-13-20(22)21(17-26)23-15-16-24(33-23)27-31-32(28,29-18-9-3-1-4-10-18)30-19-11-5-2-6-12-19/h1-16H. The lowest BCUT2D eigenvalue weighted by molar-refractivity contribution is 0.219. The van der Waals surface area contributed by atoms with Crippen LogP contribution < -0.4 is 9.05 Å². The van der Waals surface area contributed by atoms with E-state index in [9.17, 15) is 9.83 Å². The first-order valence-electron chi connectivity index (χ1n) is 9.67. The largest absolute Gasteiger partial charge is 0.668 e. The van der Waals surface area contributed by atoms with E-state index in [4.69, 9.17) is 25.3 Å². The van der Waals surface area contributed by atoms with Crippen molar-refractivity contribution in [1.29, 1.82) is 5.26 Å². The normalized spacial score (nSPS) is 15.7. The Hall–Kier alpha value is -3.43. The number of oxime groups is 1. The van der Waals surface area contributed by atoms with Crippen molar-refractivity contribution in [3.63, 3.8) is 0 Å². The summed E-state index contributed by atoms with van der Waals surface area (Å²) in [5.74, 6) is 0.607. The highest BCUT2D eigenvalue weighted by atomic mass is 35.5. The predicted octanol–water partition coefficient (Wildman–Crippen LogP) is 7.47. The van der Waals surface area contributed by atoms with Crippen molar-refractivity contribution >= 4 is 41.8 Å². The van der Waals surface area contributed by atoms with Crippen LogP contribution in [0.5, 0.6) is 11.5 Å². The molecule has 3 aromatic rings. The smallest absolute Gasteiger partial charge is 0.385 e. The van der Waals surface area contributed by atoms with Gasteiger partial charge in [-0.15, -0.1) is 0 Å². The number of phosphoric ester groups is 1. The Morgan fingerprint density at radius 2 is 1.45 bits per heavy atom. The van der Waals surface area contributed by atoms with Crippen molar-refractivity contribution in [3.05, 3.63) is 113 Å². The monoisotopic (exact) mass is 494 g/mol. The van der Waals surface area contributed by atoms with Crippen LogP contribution in [0.2, 0.25) is 5.02 Å². The molecule has 3 aromatic carbocycles. The zero-order valence-corrected chi connectivity index (χ0v) is 19.5. The van der Waals surface area contributed by atoms with E-state index in [1.54, 1.807) is 97.1 Å². The number of nitrogens with zero attached hydrogens (tertiary/aromatic N) is 2.